The molecule has 0 unspecified atom stereocenters. The topological polar surface area (TPSA) is 53.6 Å². The predicted molar refractivity (Wildman–Crippen MR) is 93.8 cm³/mol. The first kappa shape index (κ1) is 17.6. The van der Waals surface area contributed by atoms with Crippen molar-refractivity contribution in [2.24, 2.45) is 0 Å². The first-order valence-electron chi connectivity index (χ1n) is 8.22. The minimum atomic E-state index is -0.440. The maximum Gasteiger partial charge on any atom is 0.407 e. The van der Waals surface area contributed by atoms with E-state index < -0.39 is 5.60 Å². The first-order chi connectivity index (χ1) is 10.7. The third kappa shape index (κ3) is 5.75. The average Bonchev–Trinajstić information content (AvgIpc) is 2.39. The highest BCUT2D eigenvalue weighted by molar-refractivity contribution is 5.68. The van der Waals surface area contributed by atoms with E-state index in [2.05, 4.69) is 39.8 Å². The van der Waals surface area contributed by atoms with Gasteiger partial charge in [0.1, 0.15) is 5.60 Å². The molecule has 1 fully saturated rings. The highest BCUT2D eigenvalue weighted by atomic mass is 16.6. The number of carbonyl (C=O) groups is 1. The highest BCUT2D eigenvalue weighted by Crippen LogP contribution is 2.21. The summed E-state index contributed by atoms with van der Waals surface area (Å²) in [6, 6.07) is 9.24. The molecule has 0 heterocycles. The molecule has 0 saturated heterocycles. The molecule has 23 heavy (non-hydrogen) atoms. The predicted octanol–water partition coefficient (Wildman–Crippen LogP) is 2.90. The van der Waals surface area contributed by atoms with Crippen LogP contribution in [0.3, 0.4) is 0 Å². The van der Waals surface area contributed by atoms with Crippen LogP contribution in [-0.4, -0.2) is 37.9 Å². The van der Waals surface area contributed by atoms with Gasteiger partial charge in [-0.05, 0) is 51.3 Å². The zero-order chi connectivity index (χ0) is 17.0. The summed E-state index contributed by atoms with van der Waals surface area (Å²) in [4.78, 5) is 13.8. The van der Waals surface area contributed by atoms with Crippen molar-refractivity contribution in [3.63, 3.8) is 0 Å². The van der Waals surface area contributed by atoms with Gasteiger partial charge < -0.3 is 20.3 Å². The molecule has 0 radical (unpaired) electrons. The summed E-state index contributed by atoms with van der Waals surface area (Å²) in [5.41, 5.74) is 2.04. The number of alkyl carbamates (subject to hydrolysis) is 1. The van der Waals surface area contributed by atoms with E-state index >= 15 is 0 Å². The molecule has 1 aromatic carbocycles. The fourth-order valence-corrected chi connectivity index (χ4v) is 2.55. The van der Waals surface area contributed by atoms with Gasteiger partial charge in [0.05, 0.1) is 0 Å². The Kier molecular flexibility index (Phi) is 5.52. The molecule has 1 aromatic rings. The van der Waals surface area contributed by atoms with Crippen LogP contribution in [0.5, 0.6) is 0 Å². The normalized spacial score (nSPS) is 20.6. The van der Waals surface area contributed by atoms with Crippen molar-refractivity contribution in [3.8, 4) is 0 Å². The number of anilines is 1. The second-order valence-electron chi connectivity index (χ2n) is 7.45. The third-order valence-corrected chi connectivity index (χ3v) is 3.91. The first-order valence-corrected chi connectivity index (χ1v) is 8.22. The fraction of sp³-hybridized carbons (Fsp3) is 0.611. The Morgan fingerprint density at radius 3 is 2.30 bits per heavy atom. The van der Waals surface area contributed by atoms with Gasteiger partial charge in [-0.15, -0.1) is 0 Å². The Labute approximate surface area is 139 Å². The largest absolute Gasteiger partial charge is 0.444 e. The summed E-state index contributed by atoms with van der Waals surface area (Å²) in [5.74, 6) is 0. The Balaban J connectivity index is 1.65. The van der Waals surface area contributed by atoms with Gasteiger partial charge in [0.15, 0.2) is 0 Å². The smallest absolute Gasteiger partial charge is 0.407 e. The van der Waals surface area contributed by atoms with E-state index in [0.29, 0.717) is 6.04 Å². The molecule has 1 aliphatic carbocycles. The van der Waals surface area contributed by atoms with Gasteiger partial charge in [-0.2, -0.15) is 0 Å². The number of nitrogens with zero attached hydrogens (tertiary/aromatic N) is 1. The van der Waals surface area contributed by atoms with E-state index in [9.17, 15) is 4.79 Å². The third-order valence-electron chi connectivity index (χ3n) is 3.91. The quantitative estimate of drug-likeness (QED) is 0.876. The summed E-state index contributed by atoms with van der Waals surface area (Å²) in [6.45, 7) is 6.48. The maximum absolute atomic E-state index is 11.7. The molecular weight excluding hydrogens is 290 g/mol. The van der Waals surface area contributed by atoms with Crippen LogP contribution in [0, 0.1) is 0 Å². The molecule has 1 saturated carbocycles. The lowest BCUT2D eigenvalue weighted by molar-refractivity contribution is 0.0465. The molecule has 2 N–H and O–H groups in total. The second-order valence-corrected chi connectivity index (χ2v) is 7.45. The van der Waals surface area contributed by atoms with Gasteiger partial charge >= 0.3 is 6.09 Å². The zero-order valence-corrected chi connectivity index (χ0v) is 14.8. The van der Waals surface area contributed by atoms with Crippen molar-refractivity contribution >= 4 is 11.8 Å². The number of benzene rings is 1. The van der Waals surface area contributed by atoms with Crippen LogP contribution >= 0.6 is 0 Å². The van der Waals surface area contributed by atoms with Crippen molar-refractivity contribution in [3.05, 3.63) is 29.8 Å². The number of ether oxygens (including phenoxy) is 1. The minimum Gasteiger partial charge on any atom is -0.444 e. The van der Waals surface area contributed by atoms with Crippen LogP contribution in [-0.2, 0) is 11.3 Å². The molecule has 5 heteroatoms. The van der Waals surface area contributed by atoms with Gasteiger partial charge in [-0.25, -0.2) is 4.79 Å². The van der Waals surface area contributed by atoms with Crippen LogP contribution < -0.4 is 15.5 Å². The van der Waals surface area contributed by atoms with Gasteiger partial charge in [-0.3, -0.25) is 0 Å². The van der Waals surface area contributed by atoms with E-state index in [-0.39, 0.29) is 12.1 Å². The van der Waals surface area contributed by atoms with Crippen LogP contribution in [0.4, 0.5) is 10.5 Å². The molecule has 1 aliphatic rings. The molecule has 0 bridgehead atoms. The summed E-state index contributed by atoms with van der Waals surface area (Å²) in [5, 5.41) is 6.44. The van der Waals surface area contributed by atoms with E-state index in [4.69, 9.17) is 4.74 Å². The van der Waals surface area contributed by atoms with Crippen molar-refractivity contribution in [2.75, 3.05) is 19.0 Å². The van der Waals surface area contributed by atoms with Gasteiger partial charge in [0.25, 0.3) is 0 Å². The standard InChI is InChI=1S/C18H29N3O2/c1-18(2,3)23-17(22)20-15-10-14(11-15)19-12-13-6-8-16(9-7-13)21(4)5/h6-9,14-15,19H,10-12H2,1-5H3,(H,20,22). The summed E-state index contributed by atoms with van der Waals surface area (Å²) in [6.07, 6.45) is 1.59. The molecule has 2 rings (SSSR count). The Hall–Kier alpha value is -1.75. The number of carbonyl (C=O) groups excluding carboxylic acids is 1. The highest BCUT2D eigenvalue weighted by Gasteiger charge is 2.31. The number of hydrogen-bond acceptors (Lipinski definition) is 4. The molecule has 5 nitrogen and oxygen atoms in total. The van der Waals surface area contributed by atoms with Gasteiger partial charge in [-0.1, -0.05) is 12.1 Å². The molecule has 0 atom stereocenters. The number of amides is 1. The second kappa shape index (κ2) is 7.21. The van der Waals surface area contributed by atoms with Crippen molar-refractivity contribution < 1.29 is 9.53 Å². The van der Waals surface area contributed by atoms with E-state index in [1.165, 1.54) is 11.3 Å². The zero-order valence-electron chi connectivity index (χ0n) is 14.8. The van der Waals surface area contributed by atoms with Crippen molar-refractivity contribution in [1.29, 1.82) is 0 Å². The maximum atomic E-state index is 11.7. The molecule has 0 aromatic heterocycles. The Bertz CT molecular complexity index is 514. The molecule has 128 valence electrons. The number of rotatable bonds is 5. The monoisotopic (exact) mass is 319 g/mol. The lowest BCUT2D eigenvalue weighted by atomic mass is 9.87. The van der Waals surface area contributed by atoms with E-state index in [1.54, 1.807) is 0 Å². The summed E-state index contributed by atoms with van der Waals surface area (Å²) >= 11 is 0. The Morgan fingerprint density at radius 2 is 1.78 bits per heavy atom. The van der Waals surface area contributed by atoms with Crippen molar-refractivity contribution in [2.45, 2.75) is 57.8 Å². The molecule has 1 amide bonds. The number of nitrogens with one attached hydrogen (secondary N) is 2. The van der Waals surface area contributed by atoms with Crippen LogP contribution in [0.2, 0.25) is 0 Å². The van der Waals surface area contributed by atoms with Crippen LogP contribution in [0.25, 0.3) is 0 Å². The SMILES string of the molecule is CN(C)c1ccc(CNC2CC(NC(=O)OC(C)(C)C)C2)cc1. The van der Waals surface area contributed by atoms with Gasteiger partial charge in [0.2, 0.25) is 0 Å². The van der Waals surface area contributed by atoms with E-state index in [1.807, 2.05) is 34.9 Å². The molecular formula is C18H29N3O2. The summed E-state index contributed by atoms with van der Waals surface area (Å²) < 4.78 is 5.26. The fourth-order valence-electron chi connectivity index (χ4n) is 2.55. The van der Waals surface area contributed by atoms with E-state index in [0.717, 1.165) is 19.4 Å². The summed E-state index contributed by atoms with van der Waals surface area (Å²) in [7, 11) is 4.08. The van der Waals surface area contributed by atoms with Crippen LogP contribution in [0.15, 0.2) is 24.3 Å². The Morgan fingerprint density at radius 1 is 1.17 bits per heavy atom. The molecule has 0 spiro atoms. The van der Waals surface area contributed by atoms with Crippen LogP contribution in [0.1, 0.15) is 39.2 Å². The lowest BCUT2D eigenvalue weighted by Crippen LogP contribution is -2.52. The van der Waals surface area contributed by atoms with Crippen molar-refractivity contribution in [1.82, 2.24) is 10.6 Å². The lowest BCUT2D eigenvalue weighted by Gasteiger charge is -2.36. The minimum absolute atomic E-state index is 0.221. The number of hydrogen-bond donors (Lipinski definition) is 2. The molecule has 0 aliphatic heterocycles. The average molecular weight is 319 g/mol. The van der Waals surface area contributed by atoms with Gasteiger partial charge in [0, 0.05) is 38.4 Å².